The van der Waals surface area contributed by atoms with Crippen molar-refractivity contribution in [2.75, 3.05) is 13.1 Å². The standard InChI is InChI=1S/C15H17N3O/c19-15(18-11-6-12(18)9-16-8-11)5-10-7-17-14-4-2-1-3-13(10)14/h1-4,7,11-12,16-17H,5-6,8-9H2. The highest BCUT2D eigenvalue weighted by atomic mass is 16.2. The average molecular weight is 255 g/mol. The monoisotopic (exact) mass is 255 g/mol. The first-order valence-electron chi connectivity index (χ1n) is 6.90. The molecule has 1 amide bonds. The van der Waals surface area contributed by atoms with Gasteiger partial charge in [-0.05, 0) is 18.1 Å². The molecule has 4 nitrogen and oxygen atoms in total. The second-order valence-corrected chi connectivity index (χ2v) is 5.54. The van der Waals surface area contributed by atoms with Crippen molar-refractivity contribution in [2.24, 2.45) is 0 Å². The van der Waals surface area contributed by atoms with Crippen LogP contribution in [0.25, 0.3) is 10.9 Å². The molecule has 2 aliphatic heterocycles. The zero-order chi connectivity index (χ0) is 12.8. The van der Waals surface area contributed by atoms with Crippen molar-refractivity contribution in [3.05, 3.63) is 36.0 Å². The van der Waals surface area contributed by atoms with Gasteiger partial charge in [-0.1, -0.05) is 18.2 Å². The maximum atomic E-state index is 12.4. The van der Waals surface area contributed by atoms with Gasteiger partial charge < -0.3 is 15.2 Å². The molecule has 4 heteroatoms. The molecule has 2 aliphatic rings. The lowest BCUT2D eigenvalue weighted by Crippen LogP contribution is -2.69. The Balaban J connectivity index is 1.56. The molecule has 4 rings (SSSR count). The molecule has 2 unspecified atom stereocenters. The van der Waals surface area contributed by atoms with Crippen molar-refractivity contribution in [2.45, 2.75) is 24.9 Å². The molecule has 0 aliphatic carbocycles. The van der Waals surface area contributed by atoms with Crippen molar-refractivity contribution in [1.29, 1.82) is 0 Å². The van der Waals surface area contributed by atoms with E-state index >= 15 is 0 Å². The Kier molecular flexibility index (Phi) is 2.38. The summed E-state index contributed by atoms with van der Waals surface area (Å²) in [5, 5.41) is 4.52. The van der Waals surface area contributed by atoms with E-state index in [1.54, 1.807) is 0 Å². The van der Waals surface area contributed by atoms with Crippen LogP contribution in [0, 0.1) is 0 Å². The van der Waals surface area contributed by atoms with Crippen LogP contribution in [0.5, 0.6) is 0 Å². The first-order valence-corrected chi connectivity index (χ1v) is 6.90. The molecule has 1 aromatic carbocycles. The number of benzene rings is 1. The van der Waals surface area contributed by atoms with Crippen LogP contribution in [0.4, 0.5) is 0 Å². The number of piperidine rings is 1. The number of rotatable bonds is 2. The van der Waals surface area contributed by atoms with E-state index < -0.39 is 0 Å². The smallest absolute Gasteiger partial charge is 0.227 e. The van der Waals surface area contributed by atoms with Gasteiger partial charge in [0.1, 0.15) is 0 Å². The number of aromatic amines is 1. The van der Waals surface area contributed by atoms with Crippen LogP contribution >= 0.6 is 0 Å². The van der Waals surface area contributed by atoms with Crippen molar-refractivity contribution >= 4 is 16.8 Å². The van der Waals surface area contributed by atoms with E-state index in [9.17, 15) is 4.79 Å². The van der Waals surface area contributed by atoms with E-state index in [-0.39, 0.29) is 5.91 Å². The number of H-pyrrole nitrogens is 1. The number of amides is 1. The first kappa shape index (κ1) is 11.1. The summed E-state index contributed by atoms with van der Waals surface area (Å²) in [5.41, 5.74) is 2.22. The number of fused-ring (bicyclic) bond motifs is 3. The molecule has 2 bridgehead atoms. The van der Waals surface area contributed by atoms with Crippen molar-refractivity contribution in [3.8, 4) is 0 Å². The summed E-state index contributed by atoms with van der Waals surface area (Å²) in [7, 11) is 0. The van der Waals surface area contributed by atoms with E-state index in [4.69, 9.17) is 0 Å². The summed E-state index contributed by atoms with van der Waals surface area (Å²) in [6.07, 6.45) is 3.65. The molecular formula is C15H17N3O. The van der Waals surface area contributed by atoms with E-state index in [1.165, 1.54) is 11.8 Å². The van der Waals surface area contributed by atoms with Gasteiger partial charge in [0.2, 0.25) is 5.91 Å². The Morgan fingerprint density at radius 1 is 1.26 bits per heavy atom. The van der Waals surface area contributed by atoms with Gasteiger partial charge in [0.15, 0.2) is 0 Å². The van der Waals surface area contributed by atoms with Crippen LogP contribution in [-0.2, 0) is 11.2 Å². The second-order valence-electron chi connectivity index (χ2n) is 5.54. The highest BCUT2D eigenvalue weighted by Crippen LogP contribution is 2.29. The second kappa shape index (κ2) is 4.10. The minimum absolute atomic E-state index is 0.271. The molecule has 2 saturated heterocycles. The zero-order valence-corrected chi connectivity index (χ0v) is 10.7. The lowest BCUT2D eigenvalue weighted by atomic mass is 9.88. The first-order chi connectivity index (χ1) is 9.33. The molecular weight excluding hydrogens is 238 g/mol. The third kappa shape index (κ3) is 1.67. The van der Waals surface area contributed by atoms with Crippen LogP contribution in [0.3, 0.4) is 0 Å². The molecule has 2 atom stereocenters. The zero-order valence-electron chi connectivity index (χ0n) is 10.7. The molecule has 0 saturated carbocycles. The Morgan fingerprint density at radius 2 is 2.05 bits per heavy atom. The number of nitrogens with one attached hydrogen (secondary N) is 2. The molecule has 1 aromatic heterocycles. The van der Waals surface area contributed by atoms with Crippen LogP contribution in [-0.4, -0.2) is 41.0 Å². The summed E-state index contributed by atoms with van der Waals surface area (Å²) < 4.78 is 0. The topological polar surface area (TPSA) is 48.1 Å². The van der Waals surface area contributed by atoms with Gasteiger partial charge in [0, 0.05) is 42.3 Å². The lowest BCUT2D eigenvalue weighted by molar-refractivity contribution is -0.146. The molecule has 3 heterocycles. The normalized spacial score (nSPS) is 25.4. The van der Waals surface area contributed by atoms with Crippen LogP contribution in [0.2, 0.25) is 0 Å². The summed E-state index contributed by atoms with van der Waals surface area (Å²) in [4.78, 5) is 17.8. The van der Waals surface area contributed by atoms with Gasteiger partial charge in [-0.3, -0.25) is 4.79 Å². The maximum absolute atomic E-state index is 12.4. The van der Waals surface area contributed by atoms with Gasteiger partial charge in [-0.15, -0.1) is 0 Å². The summed E-state index contributed by atoms with van der Waals surface area (Å²) in [5.74, 6) is 0.271. The molecule has 2 fully saturated rings. The number of aromatic nitrogens is 1. The SMILES string of the molecule is O=C(Cc1c[nH]c2ccccc12)N1C2CNCC1C2. The number of hydrogen-bond donors (Lipinski definition) is 2. The lowest BCUT2D eigenvalue weighted by Gasteiger charge is -2.53. The van der Waals surface area contributed by atoms with Crippen LogP contribution in [0.15, 0.2) is 30.5 Å². The van der Waals surface area contributed by atoms with Crippen LogP contribution in [0.1, 0.15) is 12.0 Å². The number of piperazine rings is 1. The molecule has 0 radical (unpaired) electrons. The Labute approximate surface area is 111 Å². The fraction of sp³-hybridized carbons (Fsp3) is 0.400. The third-order valence-electron chi connectivity index (χ3n) is 4.40. The summed E-state index contributed by atoms with van der Waals surface area (Å²) in [6, 6.07) is 9.01. The Bertz CT molecular complexity index is 619. The van der Waals surface area contributed by atoms with E-state index in [0.29, 0.717) is 18.5 Å². The van der Waals surface area contributed by atoms with E-state index in [0.717, 1.165) is 24.2 Å². The van der Waals surface area contributed by atoms with Gasteiger partial charge in [0.05, 0.1) is 6.42 Å². The minimum Gasteiger partial charge on any atom is -0.361 e. The highest BCUT2D eigenvalue weighted by molar-refractivity contribution is 5.89. The Morgan fingerprint density at radius 3 is 2.84 bits per heavy atom. The fourth-order valence-corrected chi connectivity index (χ4v) is 3.42. The molecule has 19 heavy (non-hydrogen) atoms. The fourth-order valence-electron chi connectivity index (χ4n) is 3.42. The van der Waals surface area contributed by atoms with Crippen molar-refractivity contribution < 1.29 is 4.79 Å². The van der Waals surface area contributed by atoms with E-state index in [2.05, 4.69) is 21.3 Å². The number of nitrogens with zero attached hydrogens (tertiary/aromatic N) is 1. The number of hydrogen-bond acceptors (Lipinski definition) is 2. The van der Waals surface area contributed by atoms with Gasteiger partial charge in [-0.25, -0.2) is 0 Å². The van der Waals surface area contributed by atoms with Crippen molar-refractivity contribution in [3.63, 3.8) is 0 Å². The van der Waals surface area contributed by atoms with E-state index in [1.807, 2.05) is 24.4 Å². The van der Waals surface area contributed by atoms with Gasteiger partial charge in [0.25, 0.3) is 0 Å². The van der Waals surface area contributed by atoms with Gasteiger partial charge in [-0.2, -0.15) is 0 Å². The number of carbonyl (C=O) groups is 1. The predicted octanol–water partition coefficient (Wildman–Crippen LogP) is 1.28. The van der Waals surface area contributed by atoms with Crippen molar-refractivity contribution in [1.82, 2.24) is 15.2 Å². The highest BCUT2D eigenvalue weighted by Gasteiger charge is 2.43. The Hall–Kier alpha value is -1.81. The average Bonchev–Trinajstić information content (AvgIpc) is 2.83. The largest absolute Gasteiger partial charge is 0.361 e. The predicted molar refractivity (Wildman–Crippen MR) is 73.9 cm³/mol. The molecule has 98 valence electrons. The number of carbonyl (C=O) groups excluding carboxylic acids is 1. The number of para-hydroxylation sites is 1. The molecule has 2 N–H and O–H groups in total. The van der Waals surface area contributed by atoms with Gasteiger partial charge >= 0.3 is 0 Å². The van der Waals surface area contributed by atoms with Crippen LogP contribution < -0.4 is 5.32 Å². The third-order valence-corrected chi connectivity index (χ3v) is 4.40. The molecule has 0 spiro atoms. The quantitative estimate of drug-likeness (QED) is 0.849. The molecule has 2 aromatic rings. The minimum atomic E-state index is 0.271. The maximum Gasteiger partial charge on any atom is 0.227 e. The summed E-state index contributed by atoms with van der Waals surface area (Å²) >= 11 is 0. The summed E-state index contributed by atoms with van der Waals surface area (Å²) in [6.45, 7) is 1.91.